The van der Waals surface area contributed by atoms with Gasteiger partial charge in [-0.15, -0.1) is 0 Å². The van der Waals surface area contributed by atoms with Gasteiger partial charge in [0.05, 0.1) is 17.3 Å². The molecule has 0 fully saturated rings. The summed E-state index contributed by atoms with van der Waals surface area (Å²) in [5.74, 6) is -1.47. The van der Waals surface area contributed by atoms with Gasteiger partial charge in [-0.3, -0.25) is 0 Å². The number of benzene rings is 1. The highest BCUT2D eigenvalue weighted by atomic mass is 19.4. The number of nitrogens with zero attached hydrogens (tertiary/aromatic N) is 1. The molecule has 0 unspecified atom stereocenters. The summed E-state index contributed by atoms with van der Waals surface area (Å²) in [7, 11) is 0. The van der Waals surface area contributed by atoms with E-state index >= 15 is 0 Å². The first-order chi connectivity index (χ1) is 7.38. The summed E-state index contributed by atoms with van der Waals surface area (Å²) >= 11 is 0. The fourth-order valence-corrected chi connectivity index (χ4v) is 1.12. The highest BCUT2D eigenvalue weighted by Gasteiger charge is 2.34. The van der Waals surface area contributed by atoms with Gasteiger partial charge in [-0.25, -0.2) is 4.39 Å². The van der Waals surface area contributed by atoms with Crippen LogP contribution in [0.1, 0.15) is 11.1 Å². The first-order valence-electron chi connectivity index (χ1n) is 4.09. The topological polar surface area (TPSA) is 49.8 Å². The van der Waals surface area contributed by atoms with E-state index in [1.807, 2.05) is 0 Å². The Morgan fingerprint density at radius 3 is 2.50 bits per heavy atom. The van der Waals surface area contributed by atoms with Crippen molar-refractivity contribution >= 4 is 5.70 Å². The van der Waals surface area contributed by atoms with Crippen molar-refractivity contribution in [3.05, 3.63) is 41.2 Å². The van der Waals surface area contributed by atoms with Crippen LogP contribution in [0.4, 0.5) is 17.6 Å². The van der Waals surface area contributed by atoms with Gasteiger partial charge in [0, 0.05) is 11.6 Å². The Morgan fingerprint density at radius 2 is 2.00 bits per heavy atom. The number of hydrogen-bond donors (Lipinski definition) is 1. The number of nitriles is 1. The van der Waals surface area contributed by atoms with Crippen LogP contribution < -0.4 is 5.73 Å². The summed E-state index contributed by atoms with van der Waals surface area (Å²) in [6.45, 7) is 0. The first kappa shape index (κ1) is 12.0. The van der Waals surface area contributed by atoms with Crippen molar-refractivity contribution in [1.82, 2.24) is 0 Å². The molecule has 0 saturated carbocycles. The lowest BCUT2D eigenvalue weighted by molar-refractivity contribution is -0.140. The third-order valence-corrected chi connectivity index (χ3v) is 1.84. The number of alkyl halides is 3. The third kappa shape index (κ3) is 2.31. The molecule has 0 spiro atoms. The van der Waals surface area contributed by atoms with E-state index in [4.69, 9.17) is 11.0 Å². The number of nitrogens with two attached hydrogens (primary N) is 1. The van der Waals surface area contributed by atoms with E-state index in [1.54, 1.807) is 0 Å². The van der Waals surface area contributed by atoms with Crippen molar-refractivity contribution < 1.29 is 17.6 Å². The minimum atomic E-state index is -4.78. The van der Waals surface area contributed by atoms with Gasteiger partial charge in [0.25, 0.3) is 0 Å². The highest BCUT2D eigenvalue weighted by Crippen LogP contribution is 2.33. The summed E-state index contributed by atoms with van der Waals surface area (Å²) in [6, 6.07) is 4.23. The van der Waals surface area contributed by atoms with Gasteiger partial charge < -0.3 is 5.73 Å². The van der Waals surface area contributed by atoms with Crippen LogP contribution in [-0.2, 0) is 6.18 Å². The summed E-state index contributed by atoms with van der Waals surface area (Å²) in [5.41, 5.74) is 3.07. The number of halogens is 4. The smallest absolute Gasteiger partial charge is 0.398 e. The zero-order valence-corrected chi connectivity index (χ0v) is 7.85. The van der Waals surface area contributed by atoms with Crippen LogP contribution >= 0.6 is 0 Å². The summed E-state index contributed by atoms with van der Waals surface area (Å²) < 4.78 is 50.3. The maximum Gasteiger partial charge on any atom is 0.419 e. The van der Waals surface area contributed by atoms with E-state index in [2.05, 4.69) is 0 Å². The second-order valence-corrected chi connectivity index (χ2v) is 2.89. The Balaban J connectivity index is 3.37. The van der Waals surface area contributed by atoms with Crippen LogP contribution in [0, 0.1) is 17.1 Å². The van der Waals surface area contributed by atoms with Crippen molar-refractivity contribution in [3.8, 4) is 6.07 Å². The minimum absolute atomic E-state index is 0.342. The fraction of sp³-hybridized carbons (Fsp3) is 0.100. The lowest BCUT2D eigenvalue weighted by Gasteiger charge is -2.10. The predicted molar refractivity (Wildman–Crippen MR) is 49.2 cm³/mol. The summed E-state index contributed by atoms with van der Waals surface area (Å²) in [4.78, 5) is 0. The largest absolute Gasteiger partial charge is 0.419 e. The molecule has 1 aromatic carbocycles. The zero-order chi connectivity index (χ0) is 12.3. The summed E-state index contributed by atoms with van der Waals surface area (Å²) in [5, 5.41) is 8.27. The van der Waals surface area contributed by atoms with Gasteiger partial charge in [-0.2, -0.15) is 18.4 Å². The monoisotopic (exact) mass is 230 g/mol. The molecule has 0 bridgehead atoms. The normalized spacial score (nSPS) is 12.3. The SMILES string of the molecule is N#C/C=C(/N)c1cccc(C(F)(F)F)c1F. The molecule has 2 nitrogen and oxygen atoms in total. The van der Waals surface area contributed by atoms with E-state index in [0.717, 1.165) is 18.2 Å². The molecule has 2 N–H and O–H groups in total. The molecular formula is C10H6F4N2. The fourth-order valence-electron chi connectivity index (χ4n) is 1.12. The molecule has 0 aromatic heterocycles. The van der Waals surface area contributed by atoms with Crippen LogP contribution in [0.3, 0.4) is 0 Å². The standard InChI is InChI=1S/C10H6F4N2/c11-9-6(8(16)4-5-15)2-1-3-7(9)10(12,13)14/h1-4H,16H2/b8-4+. The van der Waals surface area contributed by atoms with Gasteiger partial charge in [-0.05, 0) is 12.1 Å². The van der Waals surface area contributed by atoms with Gasteiger partial charge in [-0.1, -0.05) is 6.07 Å². The van der Waals surface area contributed by atoms with Crippen LogP contribution in [-0.4, -0.2) is 0 Å². The van der Waals surface area contributed by atoms with Crippen molar-refractivity contribution in [2.75, 3.05) is 0 Å². The average Bonchev–Trinajstić information content (AvgIpc) is 2.16. The minimum Gasteiger partial charge on any atom is -0.398 e. The molecule has 0 aliphatic heterocycles. The molecule has 0 heterocycles. The number of hydrogen-bond acceptors (Lipinski definition) is 2. The van der Waals surface area contributed by atoms with Gasteiger partial charge in [0.15, 0.2) is 0 Å². The average molecular weight is 230 g/mol. The summed E-state index contributed by atoms with van der Waals surface area (Å²) in [6.07, 6.45) is -4.01. The zero-order valence-electron chi connectivity index (χ0n) is 7.85. The molecule has 1 aromatic rings. The Labute approximate surface area is 88.6 Å². The molecular weight excluding hydrogens is 224 g/mol. The van der Waals surface area contributed by atoms with Crippen LogP contribution in [0.2, 0.25) is 0 Å². The third-order valence-electron chi connectivity index (χ3n) is 1.84. The quantitative estimate of drug-likeness (QED) is 0.595. The van der Waals surface area contributed by atoms with Crippen molar-refractivity contribution in [1.29, 1.82) is 5.26 Å². The second-order valence-electron chi connectivity index (χ2n) is 2.89. The maximum atomic E-state index is 13.4. The maximum absolute atomic E-state index is 13.4. The van der Waals surface area contributed by atoms with Crippen molar-refractivity contribution in [2.24, 2.45) is 5.73 Å². The second kappa shape index (κ2) is 4.23. The van der Waals surface area contributed by atoms with Gasteiger partial charge in [0.2, 0.25) is 0 Å². The molecule has 0 atom stereocenters. The van der Waals surface area contributed by atoms with E-state index in [1.165, 1.54) is 6.07 Å². The molecule has 1 rings (SSSR count). The van der Waals surface area contributed by atoms with Gasteiger partial charge >= 0.3 is 6.18 Å². The Bertz CT molecular complexity index is 469. The molecule has 84 valence electrons. The molecule has 0 aliphatic carbocycles. The molecule has 0 radical (unpaired) electrons. The Kier molecular flexibility index (Phi) is 3.18. The highest BCUT2D eigenvalue weighted by molar-refractivity contribution is 5.66. The Hall–Kier alpha value is -2.03. The lowest BCUT2D eigenvalue weighted by atomic mass is 10.1. The molecule has 0 amide bonds. The van der Waals surface area contributed by atoms with E-state index in [9.17, 15) is 17.6 Å². The van der Waals surface area contributed by atoms with Crippen molar-refractivity contribution in [3.63, 3.8) is 0 Å². The molecule has 0 saturated heterocycles. The number of rotatable bonds is 1. The van der Waals surface area contributed by atoms with E-state index < -0.39 is 23.1 Å². The number of allylic oxidation sites excluding steroid dienone is 1. The van der Waals surface area contributed by atoms with Crippen molar-refractivity contribution in [2.45, 2.75) is 6.18 Å². The molecule has 6 heteroatoms. The van der Waals surface area contributed by atoms with Crippen LogP contribution in [0.5, 0.6) is 0 Å². The molecule has 0 aliphatic rings. The van der Waals surface area contributed by atoms with Gasteiger partial charge in [0.1, 0.15) is 5.82 Å². The molecule has 16 heavy (non-hydrogen) atoms. The van der Waals surface area contributed by atoms with E-state index in [0.29, 0.717) is 6.07 Å². The Morgan fingerprint density at radius 1 is 1.38 bits per heavy atom. The first-order valence-corrected chi connectivity index (χ1v) is 4.09. The lowest BCUT2D eigenvalue weighted by Crippen LogP contribution is -2.11. The van der Waals surface area contributed by atoms with Crippen LogP contribution in [0.15, 0.2) is 24.3 Å². The predicted octanol–water partition coefficient (Wildman–Crippen LogP) is 2.67. The van der Waals surface area contributed by atoms with Crippen LogP contribution in [0.25, 0.3) is 5.70 Å². The van der Waals surface area contributed by atoms with E-state index in [-0.39, 0.29) is 5.70 Å².